The summed E-state index contributed by atoms with van der Waals surface area (Å²) in [6, 6.07) is 6.64. The van der Waals surface area contributed by atoms with E-state index in [1.807, 2.05) is 0 Å². The van der Waals surface area contributed by atoms with Crippen molar-refractivity contribution in [2.45, 2.75) is 38.5 Å². The molecule has 2 aromatic rings. The number of nitrogens with zero attached hydrogens (tertiary/aromatic N) is 2. The van der Waals surface area contributed by atoms with E-state index in [0.29, 0.717) is 38.1 Å². The Bertz CT molecular complexity index is 777. The Kier molecular flexibility index (Phi) is 6.45. The van der Waals surface area contributed by atoms with Gasteiger partial charge in [-0.25, -0.2) is 0 Å². The van der Waals surface area contributed by atoms with Gasteiger partial charge in [-0.1, -0.05) is 12.1 Å². The number of para-hydroxylation sites is 1. The Balaban J connectivity index is 1.80. The first-order valence-corrected chi connectivity index (χ1v) is 9.25. The molecule has 1 aliphatic rings. The summed E-state index contributed by atoms with van der Waals surface area (Å²) < 4.78 is 37.5. The summed E-state index contributed by atoms with van der Waals surface area (Å²) in [6.07, 6.45) is 4.57. The number of rotatable bonds is 8. The highest BCUT2D eigenvalue weighted by atomic mass is 19.3. The molecule has 2 heterocycles. The summed E-state index contributed by atoms with van der Waals surface area (Å²) in [5.74, 6) is -0.0428. The molecule has 152 valence electrons. The molecule has 0 saturated carbocycles. The third kappa shape index (κ3) is 4.24. The summed E-state index contributed by atoms with van der Waals surface area (Å²) in [7, 11) is 0. The van der Waals surface area contributed by atoms with E-state index in [-0.39, 0.29) is 24.0 Å². The second-order valence-corrected chi connectivity index (χ2v) is 6.47. The minimum absolute atomic E-state index is 0.0399. The van der Waals surface area contributed by atoms with Gasteiger partial charge >= 0.3 is 6.61 Å². The minimum atomic E-state index is -2.99. The largest absolute Gasteiger partial charge is 0.490 e. The van der Waals surface area contributed by atoms with Crippen molar-refractivity contribution in [3.63, 3.8) is 0 Å². The van der Waals surface area contributed by atoms with Crippen LogP contribution in [0.3, 0.4) is 0 Å². The van der Waals surface area contributed by atoms with Gasteiger partial charge in [0.15, 0.2) is 11.5 Å². The average molecular weight is 394 g/mol. The first-order chi connectivity index (χ1) is 13.6. The van der Waals surface area contributed by atoms with E-state index in [1.54, 1.807) is 48.3 Å². The van der Waals surface area contributed by atoms with Crippen molar-refractivity contribution in [2.24, 2.45) is 0 Å². The van der Waals surface area contributed by atoms with Crippen molar-refractivity contribution in [1.82, 2.24) is 20.4 Å². The first-order valence-electron chi connectivity index (χ1n) is 9.25. The van der Waals surface area contributed by atoms with Crippen LogP contribution in [0.15, 0.2) is 36.7 Å². The predicted molar refractivity (Wildman–Crippen MR) is 98.4 cm³/mol. The SMILES string of the molecule is CCOc1cccc(CNC(=O)C2(n3cccn3)CCNCC2)c1OC(F)F. The van der Waals surface area contributed by atoms with Gasteiger partial charge in [0.2, 0.25) is 5.91 Å². The molecule has 0 atom stereocenters. The lowest BCUT2D eigenvalue weighted by molar-refractivity contribution is -0.132. The standard InChI is InChI=1S/C19H24F2N4O3/c1-2-27-15-6-3-5-14(16(15)28-18(20)21)13-23-17(26)19(7-10-22-11-8-19)25-12-4-9-24-25/h3-6,9,12,18,22H,2,7-8,10-11,13H2,1H3,(H,23,26). The fourth-order valence-corrected chi connectivity index (χ4v) is 3.46. The Labute approximate surface area is 162 Å². The molecule has 1 amide bonds. The molecule has 3 rings (SSSR count). The van der Waals surface area contributed by atoms with Crippen LogP contribution in [0.1, 0.15) is 25.3 Å². The molecule has 9 heteroatoms. The van der Waals surface area contributed by atoms with Crippen LogP contribution in [0.4, 0.5) is 8.78 Å². The maximum atomic E-state index is 13.1. The van der Waals surface area contributed by atoms with E-state index < -0.39 is 12.2 Å². The van der Waals surface area contributed by atoms with Crippen LogP contribution in [-0.2, 0) is 16.9 Å². The van der Waals surface area contributed by atoms with Crippen molar-refractivity contribution in [2.75, 3.05) is 19.7 Å². The molecule has 0 radical (unpaired) electrons. The van der Waals surface area contributed by atoms with E-state index in [9.17, 15) is 13.6 Å². The minimum Gasteiger partial charge on any atom is -0.490 e. The summed E-state index contributed by atoms with van der Waals surface area (Å²) >= 11 is 0. The van der Waals surface area contributed by atoms with Crippen LogP contribution in [0.25, 0.3) is 0 Å². The fourth-order valence-electron chi connectivity index (χ4n) is 3.46. The molecule has 0 spiro atoms. The van der Waals surface area contributed by atoms with Crippen molar-refractivity contribution in [3.8, 4) is 11.5 Å². The van der Waals surface area contributed by atoms with E-state index >= 15 is 0 Å². The number of alkyl halides is 2. The maximum Gasteiger partial charge on any atom is 0.387 e. The number of nitrogens with one attached hydrogen (secondary N) is 2. The van der Waals surface area contributed by atoms with E-state index in [1.165, 1.54) is 0 Å². The number of amides is 1. The van der Waals surface area contributed by atoms with Gasteiger partial charge in [0.25, 0.3) is 0 Å². The van der Waals surface area contributed by atoms with Crippen molar-refractivity contribution in [3.05, 3.63) is 42.2 Å². The molecular weight excluding hydrogens is 370 g/mol. The normalized spacial score (nSPS) is 16.0. The lowest BCUT2D eigenvalue weighted by Gasteiger charge is -2.36. The summed E-state index contributed by atoms with van der Waals surface area (Å²) in [5.41, 5.74) is -0.389. The number of piperidine rings is 1. The number of aromatic nitrogens is 2. The lowest BCUT2D eigenvalue weighted by Crippen LogP contribution is -2.54. The number of benzene rings is 1. The molecule has 1 aromatic heterocycles. The van der Waals surface area contributed by atoms with Crippen molar-refractivity contribution < 1.29 is 23.0 Å². The topological polar surface area (TPSA) is 77.4 Å². The van der Waals surface area contributed by atoms with Gasteiger partial charge in [-0.05, 0) is 45.0 Å². The summed E-state index contributed by atoms with van der Waals surface area (Å²) in [4.78, 5) is 13.1. The lowest BCUT2D eigenvalue weighted by atomic mass is 9.87. The van der Waals surface area contributed by atoms with Crippen LogP contribution in [0.2, 0.25) is 0 Å². The molecule has 0 aliphatic carbocycles. The van der Waals surface area contributed by atoms with Gasteiger partial charge < -0.3 is 20.1 Å². The Morgan fingerprint density at radius 2 is 2.14 bits per heavy atom. The highest BCUT2D eigenvalue weighted by molar-refractivity contribution is 5.84. The number of halogens is 2. The smallest absolute Gasteiger partial charge is 0.387 e. The molecule has 1 aliphatic heterocycles. The zero-order valence-electron chi connectivity index (χ0n) is 15.7. The first kappa shape index (κ1) is 20.1. The number of hydrogen-bond donors (Lipinski definition) is 2. The highest BCUT2D eigenvalue weighted by Crippen LogP contribution is 2.33. The van der Waals surface area contributed by atoms with Gasteiger partial charge in [-0.15, -0.1) is 0 Å². The number of carbonyl (C=O) groups excluding carboxylic acids is 1. The highest BCUT2D eigenvalue weighted by Gasteiger charge is 2.41. The van der Waals surface area contributed by atoms with Crippen LogP contribution >= 0.6 is 0 Å². The second-order valence-electron chi connectivity index (χ2n) is 6.47. The average Bonchev–Trinajstić information content (AvgIpc) is 3.23. The third-order valence-corrected chi connectivity index (χ3v) is 4.80. The number of ether oxygens (including phenoxy) is 2. The Hall–Kier alpha value is -2.68. The Morgan fingerprint density at radius 1 is 1.36 bits per heavy atom. The van der Waals surface area contributed by atoms with Crippen LogP contribution in [0, 0.1) is 0 Å². The number of hydrogen-bond acceptors (Lipinski definition) is 5. The zero-order chi connectivity index (χ0) is 20.0. The van der Waals surface area contributed by atoms with E-state index in [0.717, 1.165) is 0 Å². The molecule has 7 nitrogen and oxygen atoms in total. The zero-order valence-corrected chi connectivity index (χ0v) is 15.7. The molecule has 0 bridgehead atoms. The van der Waals surface area contributed by atoms with Crippen LogP contribution in [0.5, 0.6) is 11.5 Å². The quantitative estimate of drug-likeness (QED) is 0.718. The summed E-state index contributed by atoms with van der Waals surface area (Å²) in [5, 5.41) is 10.4. The Morgan fingerprint density at radius 3 is 2.79 bits per heavy atom. The number of carbonyl (C=O) groups is 1. The molecule has 1 aromatic carbocycles. The monoisotopic (exact) mass is 394 g/mol. The van der Waals surface area contributed by atoms with Gasteiger partial charge in [0, 0.05) is 24.5 Å². The van der Waals surface area contributed by atoms with E-state index in [4.69, 9.17) is 4.74 Å². The predicted octanol–water partition coefficient (Wildman–Crippen LogP) is 2.28. The second kappa shape index (κ2) is 9.01. The third-order valence-electron chi connectivity index (χ3n) is 4.80. The van der Waals surface area contributed by atoms with Gasteiger partial charge in [0.1, 0.15) is 5.54 Å². The summed E-state index contributed by atoms with van der Waals surface area (Å²) in [6.45, 7) is 0.491. The van der Waals surface area contributed by atoms with Gasteiger partial charge in [-0.3, -0.25) is 9.48 Å². The molecular formula is C19H24F2N4O3. The maximum absolute atomic E-state index is 13.1. The van der Waals surface area contributed by atoms with Gasteiger partial charge in [-0.2, -0.15) is 13.9 Å². The molecule has 1 fully saturated rings. The molecule has 0 unspecified atom stereocenters. The fraction of sp³-hybridized carbons (Fsp3) is 0.474. The van der Waals surface area contributed by atoms with Crippen LogP contribution < -0.4 is 20.1 Å². The molecule has 28 heavy (non-hydrogen) atoms. The molecule has 1 saturated heterocycles. The van der Waals surface area contributed by atoms with Crippen molar-refractivity contribution in [1.29, 1.82) is 0 Å². The van der Waals surface area contributed by atoms with Crippen molar-refractivity contribution >= 4 is 5.91 Å². The van der Waals surface area contributed by atoms with Gasteiger partial charge in [0.05, 0.1) is 6.61 Å². The van der Waals surface area contributed by atoms with E-state index in [2.05, 4.69) is 20.5 Å². The van der Waals surface area contributed by atoms with Crippen LogP contribution in [-0.4, -0.2) is 42.0 Å². The molecule has 2 N–H and O–H groups in total.